The average Bonchev–Trinajstić information content (AvgIpc) is 2.72. The van der Waals surface area contributed by atoms with Crippen molar-refractivity contribution in [3.05, 3.63) is 60.2 Å². The third-order valence-electron chi connectivity index (χ3n) is 3.98. The number of rotatable bonds is 9. The fraction of sp³-hybridized carbons (Fsp3) is 0.333. The molecule has 0 fully saturated rings. The van der Waals surface area contributed by atoms with E-state index in [1.165, 1.54) is 12.7 Å². The summed E-state index contributed by atoms with van der Waals surface area (Å²) in [4.78, 5) is 11.2. The molecule has 0 radical (unpaired) electrons. The molecule has 7 heteroatoms. The van der Waals surface area contributed by atoms with Crippen molar-refractivity contribution in [3.63, 3.8) is 0 Å². The van der Waals surface area contributed by atoms with E-state index >= 15 is 0 Å². The quantitative estimate of drug-likeness (QED) is 0.614. The smallest absolute Gasteiger partial charge is 0.411 e. The Morgan fingerprint density at radius 2 is 1.82 bits per heavy atom. The van der Waals surface area contributed by atoms with E-state index in [-0.39, 0.29) is 6.10 Å². The number of hydrogen-bond donors (Lipinski definition) is 2. The Bertz CT molecular complexity index is 738. The van der Waals surface area contributed by atoms with Crippen molar-refractivity contribution < 1.29 is 19.0 Å². The molecule has 28 heavy (non-hydrogen) atoms. The van der Waals surface area contributed by atoms with E-state index in [9.17, 15) is 4.79 Å². The number of ether oxygens (including phenoxy) is 3. The zero-order valence-electron chi connectivity index (χ0n) is 16.1. The van der Waals surface area contributed by atoms with E-state index < -0.39 is 6.09 Å². The van der Waals surface area contributed by atoms with Gasteiger partial charge in [-0.15, -0.1) is 0 Å². The van der Waals surface area contributed by atoms with Crippen LogP contribution in [0.5, 0.6) is 5.75 Å². The standard InChI is InChI=1S/C21H26N2O4S/c1-3-18(27-21(28)22-14-13-16-7-5-4-6-8-16)15-26-19-11-9-17(10-12-19)23-20(24)25-2/h4-12,18H,3,13-15H2,1-2H3,(H,22,28)(H,23,24). The highest BCUT2D eigenvalue weighted by molar-refractivity contribution is 7.80. The molecule has 2 N–H and O–H groups in total. The van der Waals surface area contributed by atoms with Crippen LogP contribution < -0.4 is 15.4 Å². The second kappa shape index (κ2) is 11.8. The lowest BCUT2D eigenvalue weighted by Crippen LogP contribution is -2.32. The van der Waals surface area contributed by atoms with Gasteiger partial charge in [-0.3, -0.25) is 5.32 Å². The van der Waals surface area contributed by atoms with Crippen LogP contribution in [-0.4, -0.2) is 37.6 Å². The first-order valence-electron chi connectivity index (χ1n) is 9.17. The number of carbonyl (C=O) groups excluding carboxylic acids is 1. The van der Waals surface area contributed by atoms with E-state index in [0.29, 0.717) is 23.2 Å². The Labute approximate surface area is 171 Å². The van der Waals surface area contributed by atoms with Gasteiger partial charge in [0.2, 0.25) is 0 Å². The summed E-state index contributed by atoms with van der Waals surface area (Å²) in [7, 11) is 1.32. The van der Waals surface area contributed by atoms with Gasteiger partial charge < -0.3 is 19.5 Å². The summed E-state index contributed by atoms with van der Waals surface area (Å²) in [5.41, 5.74) is 1.88. The van der Waals surface area contributed by atoms with E-state index in [4.69, 9.17) is 21.7 Å². The average molecular weight is 403 g/mol. The maximum Gasteiger partial charge on any atom is 0.411 e. The highest BCUT2D eigenvalue weighted by atomic mass is 32.1. The van der Waals surface area contributed by atoms with Gasteiger partial charge in [0.15, 0.2) is 0 Å². The fourth-order valence-corrected chi connectivity index (χ4v) is 2.61. The summed E-state index contributed by atoms with van der Waals surface area (Å²) in [5, 5.41) is 6.09. The van der Waals surface area contributed by atoms with Crippen molar-refractivity contribution in [1.82, 2.24) is 5.32 Å². The van der Waals surface area contributed by atoms with Crippen LogP contribution >= 0.6 is 12.2 Å². The van der Waals surface area contributed by atoms with E-state index in [1.807, 2.05) is 25.1 Å². The van der Waals surface area contributed by atoms with E-state index in [2.05, 4.69) is 27.5 Å². The molecule has 2 rings (SSSR count). The Balaban J connectivity index is 1.71. The third-order valence-corrected chi connectivity index (χ3v) is 4.22. The summed E-state index contributed by atoms with van der Waals surface area (Å²) in [6, 6.07) is 17.2. The van der Waals surface area contributed by atoms with Crippen molar-refractivity contribution in [2.45, 2.75) is 25.9 Å². The van der Waals surface area contributed by atoms with Gasteiger partial charge in [0, 0.05) is 12.2 Å². The molecule has 0 aromatic heterocycles. The predicted molar refractivity (Wildman–Crippen MR) is 114 cm³/mol. The summed E-state index contributed by atoms with van der Waals surface area (Å²) in [5.74, 6) is 0.681. The van der Waals surface area contributed by atoms with Crippen LogP contribution in [0.3, 0.4) is 0 Å². The molecule has 0 saturated heterocycles. The first-order valence-corrected chi connectivity index (χ1v) is 9.57. The van der Waals surface area contributed by atoms with E-state index in [0.717, 1.165) is 19.4 Å². The molecule has 0 aliphatic carbocycles. The Kier molecular flexibility index (Phi) is 9.07. The number of hydrogen-bond acceptors (Lipinski definition) is 5. The molecule has 2 aromatic rings. The molecule has 0 bridgehead atoms. The third kappa shape index (κ3) is 7.84. The normalized spacial score (nSPS) is 11.2. The fourth-order valence-electron chi connectivity index (χ4n) is 2.37. The van der Waals surface area contributed by atoms with Crippen LogP contribution in [0.1, 0.15) is 18.9 Å². The molecule has 150 valence electrons. The van der Waals surface area contributed by atoms with Crippen molar-refractivity contribution in [3.8, 4) is 5.75 Å². The van der Waals surface area contributed by atoms with Crippen LogP contribution in [0.25, 0.3) is 0 Å². The molecule has 0 spiro atoms. The Morgan fingerprint density at radius 3 is 2.46 bits per heavy atom. The summed E-state index contributed by atoms with van der Waals surface area (Å²) >= 11 is 5.27. The molecular weight excluding hydrogens is 376 g/mol. The van der Waals surface area contributed by atoms with Gasteiger partial charge in [-0.1, -0.05) is 37.3 Å². The SMILES string of the molecule is CCC(COc1ccc(NC(=O)OC)cc1)OC(=S)NCCc1ccccc1. The number of carbonyl (C=O) groups is 1. The number of amides is 1. The lowest BCUT2D eigenvalue weighted by atomic mass is 10.1. The van der Waals surface area contributed by atoms with E-state index in [1.54, 1.807) is 24.3 Å². The number of methoxy groups -OCH3 is 1. The molecule has 1 amide bonds. The molecule has 1 atom stereocenters. The molecule has 6 nitrogen and oxygen atoms in total. The minimum absolute atomic E-state index is 0.149. The largest absolute Gasteiger partial charge is 0.490 e. The lowest BCUT2D eigenvalue weighted by Gasteiger charge is -2.19. The van der Waals surface area contributed by atoms with Crippen LogP contribution in [-0.2, 0) is 15.9 Å². The molecule has 0 aliphatic rings. The van der Waals surface area contributed by atoms with Gasteiger partial charge in [-0.05, 0) is 54.9 Å². The minimum atomic E-state index is -0.513. The maximum absolute atomic E-state index is 11.2. The Morgan fingerprint density at radius 1 is 1.11 bits per heavy atom. The van der Waals surface area contributed by atoms with Gasteiger partial charge in [0.05, 0.1) is 7.11 Å². The van der Waals surface area contributed by atoms with Gasteiger partial charge in [0.1, 0.15) is 18.5 Å². The Hall–Kier alpha value is -2.80. The second-order valence-corrected chi connectivity index (χ2v) is 6.42. The number of nitrogens with one attached hydrogen (secondary N) is 2. The van der Waals surface area contributed by atoms with Crippen LogP contribution in [0.15, 0.2) is 54.6 Å². The van der Waals surface area contributed by atoms with Crippen molar-refractivity contribution in [2.75, 3.05) is 25.6 Å². The number of thiocarbonyl (C=S) groups is 1. The monoisotopic (exact) mass is 402 g/mol. The zero-order valence-corrected chi connectivity index (χ0v) is 17.0. The molecule has 2 aromatic carbocycles. The zero-order chi connectivity index (χ0) is 20.2. The first-order chi connectivity index (χ1) is 13.6. The highest BCUT2D eigenvalue weighted by Crippen LogP contribution is 2.16. The first kappa shape index (κ1) is 21.5. The minimum Gasteiger partial charge on any atom is -0.490 e. The second-order valence-electron chi connectivity index (χ2n) is 6.05. The molecular formula is C21H26N2O4S. The lowest BCUT2D eigenvalue weighted by molar-refractivity contribution is 0.114. The van der Waals surface area contributed by atoms with Gasteiger partial charge in [0.25, 0.3) is 5.17 Å². The number of benzene rings is 2. The van der Waals surface area contributed by atoms with Crippen LogP contribution in [0.2, 0.25) is 0 Å². The summed E-state index contributed by atoms with van der Waals surface area (Å²) in [6.45, 7) is 3.11. The molecule has 0 heterocycles. The van der Waals surface area contributed by atoms with Crippen molar-refractivity contribution >= 4 is 29.2 Å². The van der Waals surface area contributed by atoms with Gasteiger partial charge in [-0.25, -0.2) is 4.79 Å². The maximum atomic E-state index is 11.2. The highest BCUT2D eigenvalue weighted by Gasteiger charge is 2.11. The molecule has 0 aliphatic heterocycles. The van der Waals surface area contributed by atoms with Gasteiger partial charge in [-0.2, -0.15) is 0 Å². The number of anilines is 1. The summed E-state index contributed by atoms with van der Waals surface area (Å²) in [6.07, 6.45) is 0.984. The van der Waals surface area contributed by atoms with Gasteiger partial charge >= 0.3 is 6.09 Å². The van der Waals surface area contributed by atoms with Crippen LogP contribution in [0.4, 0.5) is 10.5 Å². The topological polar surface area (TPSA) is 68.8 Å². The molecule has 0 saturated carbocycles. The predicted octanol–water partition coefficient (Wildman–Crippen LogP) is 4.16. The van der Waals surface area contributed by atoms with Crippen LogP contribution in [0, 0.1) is 0 Å². The molecule has 1 unspecified atom stereocenters. The van der Waals surface area contributed by atoms with Crippen molar-refractivity contribution in [2.24, 2.45) is 0 Å². The summed E-state index contributed by atoms with van der Waals surface area (Å²) < 4.78 is 16.1. The van der Waals surface area contributed by atoms with Crippen molar-refractivity contribution in [1.29, 1.82) is 0 Å².